The van der Waals surface area contributed by atoms with Gasteiger partial charge in [0, 0.05) is 6.42 Å². The molecular weight excluding hydrogens is 576 g/mol. The average Bonchev–Trinajstić information content (AvgIpc) is 3.01. The maximum atomic E-state index is 13.1. The lowest BCUT2D eigenvalue weighted by Crippen LogP contribution is -2.85. The van der Waals surface area contributed by atoms with Crippen molar-refractivity contribution in [2.75, 3.05) is 19.8 Å². The molecule has 0 unspecified atom stereocenters. The molecule has 0 radical (unpaired) electrons. The van der Waals surface area contributed by atoms with Crippen molar-refractivity contribution in [1.29, 1.82) is 0 Å². The molecule has 2 aliphatic heterocycles. The minimum atomic E-state index is -3.18. The number of carbonyl (C=O) groups is 1. The van der Waals surface area contributed by atoms with E-state index in [1.165, 1.54) is 70.6 Å². The van der Waals surface area contributed by atoms with Crippen molar-refractivity contribution in [3.05, 3.63) is 0 Å². The standard InChI is InChI=1S/C32H60O12/c1-2-3-4-5-6-7-8-9-10-11-12-13-14-15-16-17-18-19-24(35)31(41)28(38)32(42,25(21-34)44-29(31)39)30(40)22-43-23(20-33)26(36)27(30)37/h23,25-29,33-34,36-42H,2-22H2,1H3/t23-,25-,26-,27+,28-,29+,30+,31+,32-/m1/s1. The van der Waals surface area contributed by atoms with Crippen molar-refractivity contribution in [1.82, 2.24) is 0 Å². The summed E-state index contributed by atoms with van der Waals surface area (Å²) in [5, 5.41) is 95.8. The first-order valence-electron chi connectivity index (χ1n) is 16.9. The van der Waals surface area contributed by atoms with Crippen molar-refractivity contribution >= 4 is 5.78 Å². The molecule has 2 fully saturated rings. The highest BCUT2D eigenvalue weighted by atomic mass is 16.7. The van der Waals surface area contributed by atoms with E-state index in [1.54, 1.807) is 0 Å². The van der Waals surface area contributed by atoms with E-state index in [-0.39, 0.29) is 6.42 Å². The minimum Gasteiger partial charge on any atom is -0.394 e. The Balaban J connectivity index is 1.77. The van der Waals surface area contributed by atoms with Gasteiger partial charge in [0.2, 0.25) is 5.60 Å². The first kappa shape index (κ1) is 39.4. The van der Waals surface area contributed by atoms with Crippen LogP contribution in [0.2, 0.25) is 0 Å². The van der Waals surface area contributed by atoms with E-state index in [9.17, 15) is 50.8 Å². The fourth-order valence-electron chi connectivity index (χ4n) is 6.63. The maximum absolute atomic E-state index is 13.1. The zero-order chi connectivity index (χ0) is 32.8. The van der Waals surface area contributed by atoms with Crippen LogP contribution in [0.4, 0.5) is 0 Å². The average molecular weight is 637 g/mol. The quantitative estimate of drug-likeness (QED) is 0.0760. The molecular formula is C32H60O12. The number of Topliss-reactive ketones (excluding diaryl/α,β-unsaturated/α-hetero) is 1. The molecule has 0 amide bonds. The van der Waals surface area contributed by atoms with Crippen LogP contribution in [0, 0.1) is 0 Å². The Kier molecular flexibility index (Phi) is 17.1. The van der Waals surface area contributed by atoms with E-state index in [2.05, 4.69) is 6.92 Å². The number of hydrogen-bond acceptors (Lipinski definition) is 12. The highest BCUT2D eigenvalue weighted by Crippen LogP contribution is 2.46. The molecule has 0 bridgehead atoms. The second-order valence-electron chi connectivity index (χ2n) is 12.9. The third-order valence-corrected chi connectivity index (χ3v) is 9.70. The summed E-state index contributed by atoms with van der Waals surface area (Å²) in [6.07, 6.45) is 6.64. The Morgan fingerprint density at radius 2 is 1.16 bits per heavy atom. The lowest BCUT2D eigenvalue weighted by molar-refractivity contribution is -0.401. The van der Waals surface area contributed by atoms with E-state index in [4.69, 9.17) is 9.47 Å². The molecule has 9 atom stereocenters. The van der Waals surface area contributed by atoms with Crippen molar-refractivity contribution in [2.24, 2.45) is 0 Å². The summed E-state index contributed by atoms with van der Waals surface area (Å²) in [6.45, 7) is -0.582. The molecule has 0 aliphatic carbocycles. The zero-order valence-electron chi connectivity index (χ0n) is 26.6. The number of ketones is 1. The molecule has 2 saturated heterocycles. The van der Waals surface area contributed by atoms with Crippen LogP contribution in [0.15, 0.2) is 0 Å². The SMILES string of the molecule is CCCCCCCCCCCCCCCCCCCC(=O)[C@]1(O)[C@@H](O)[C@@](O)([C@]2(O)CO[C@H](CO)[C@@H](O)[C@@H]2O)[C@@H](CO)O[C@@H]1O. The van der Waals surface area contributed by atoms with Gasteiger partial charge in [-0.25, -0.2) is 0 Å². The number of hydrogen-bond donors (Lipinski definition) is 9. The van der Waals surface area contributed by atoms with Crippen molar-refractivity contribution < 1.29 is 60.2 Å². The molecule has 0 aromatic carbocycles. The largest absolute Gasteiger partial charge is 0.394 e. The lowest BCUT2D eigenvalue weighted by atomic mass is 9.63. The normalized spacial score (nSPS) is 36.0. The van der Waals surface area contributed by atoms with E-state index in [0.29, 0.717) is 12.8 Å². The Morgan fingerprint density at radius 3 is 1.59 bits per heavy atom. The molecule has 260 valence electrons. The third kappa shape index (κ3) is 9.19. The lowest BCUT2D eigenvalue weighted by Gasteiger charge is -2.59. The molecule has 12 nitrogen and oxygen atoms in total. The Hall–Kier alpha value is -0.770. The minimum absolute atomic E-state index is 0.279. The smallest absolute Gasteiger partial charge is 0.202 e. The molecule has 0 saturated carbocycles. The van der Waals surface area contributed by atoms with E-state index in [1.807, 2.05) is 0 Å². The number of aliphatic hydroxyl groups is 9. The molecule has 2 rings (SSSR count). The topological polar surface area (TPSA) is 218 Å². The Morgan fingerprint density at radius 1 is 0.705 bits per heavy atom. The van der Waals surface area contributed by atoms with Crippen LogP contribution in [0.5, 0.6) is 0 Å². The second kappa shape index (κ2) is 19.1. The van der Waals surface area contributed by atoms with Crippen molar-refractivity contribution in [3.63, 3.8) is 0 Å². The number of unbranched alkanes of at least 4 members (excludes halogenated alkanes) is 16. The summed E-state index contributed by atoms with van der Waals surface area (Å²) in [6, 6.07) is 0. The summed E-state index contributed by atoms with van der Waals surface area (Å²) in [5.74, 6) is -1.06. The fourth-order valence-corrected chi connectivity index (χ4v) is 6.63. The van der Waals surface area contributed by atoms with Crippen molar-refractivity contribution in [3.8, 4) is 0 Å². The van der Waals surface area contributed by atoms with Gasteiger partial charge in [0.1, 0.15) is 30.5 Å². The third-order valence-electron chi connectivity index (χ3n) is 9.70. The monoisotopic (exact) mass is 636 g/mol. The van der Waals surface area contributed by atoms with Crippen molar-refractivity contribution in [2.45, 2.75) is 176 Å². The molecule has 0 spiro atoms. The van der Waals surface area contributed by atoms with Crippen LogP contribution in [0.1, 0.15) is 122 Å². The fraction of sp³-hybridized carbons (Fsp3) is 0.969. The summed E-state index contributed by atoms with van der Waals surface area (Å²) in [7, 11) is 0. The molecule has 9 N–H and O–H groups in total. The van der Waals surface area contributed by atoms with Gasteiger partial charge in [0.05, 0.1) is 19.8 Å². The van der Waals surface area contributed by atoms with Crippen LogP contribution < -0.4 is 0 Å². The highest BCUT2D eigenvalue weighted by molar-refractivity contribution is 5.88. The van der Waals surface area contributed by atoms with Gasteiger partial charge in [0.25, 0.3) is 0 Å². The van der Waals surface area contributed by atoms with Crippen LogP contribution in [0.25, 0.3) is 0 Å². The maximum Gasteiger partial charge on any atom is 0.202 e. The van der Waals surface area contributed by atoms with Gasteiger partial charge < -0.3 is 55.4 Å². The highest BCUT2D eigenvalue weighted by Gasteiger charge is 2.74. The molecule has 44 heavy (non-hydrogen) atoms. The first-order valence-corrected chi connectivity index (χ1v) is 16.9. The molecule has 2 aliphatic rings. The van der Waals surface area contributed by atoms with Crippen LogP contribution in [-0.4, -0.2) is 125 Å². The Labute approximate surface area is 262 Å². The van der Waals surface area contributed by atoms with Gasteiger partial charge in [-0.3, -0.25) is 4.79 Å². The predicted molar refractivity (Wildman–Crippen MR) is 161 cm³/mol. The van der Waals surface area contributed by atoms with Gasteiger partial charge >= 0.3 is 0 Å². The van der Waals surface area contributed by atoms with E-state index < -0.39 is 79.2 Å². The van der Waals surface area contributed by atoms with Gasteiger partial charge in [0.15, 0.2) is 23.3 Å². The van der Waals surface area contributed by atoms with Gasteiger partial charge in [-0.15, -0.1) is 0 Å². The summed E-state index contributed by atoms with van der Waals surface area (Å²) < 4.78 is 10.3. The van der Waals surface area contributed by atoms with Gasteiger partial charge in [-0.05, 0) is 6.42 Å². The predicted octanol–water partition coefficient (Wildman–Crippen LogP) is 0.974. The van der Waals surface area contributed by atoms with E-state index >= 15 is 0 Å². The van der Waals surface area contributed by atoms with Gasteiger partial charge in [-0.1, -0.05) is 110 Å². The second-order valence-corrected chi connectivity index (χ2v) is 12.9. The molecule has 2 heterocycles. The number of carbonyl (C=O) groups excluding carboxylic acids is 1. The molecule has 0 aromatic heterocycles. The molecule has 12 heteroatoms. The first-order chi connectivity index (χ1) is 21.0. The summed E-state index contributed by atoms with van der Waals surface area (Å²) in [5.41, 5.74) is -9.28. The van der Waals surface area contributed by atoms with Crippen LogP contribution in [-0.2, 0) is 14.3 Å². The Bertz CT molecular complexity index is 816. The van der Waals surface area contributed by atoms with E-state index in [0.717, 1.165) is 25.7 Å². The number of aliphatic hydroxyl groups excluding tert-OH is 6. The number of rotatable bonds is 22. The van der Waals surface area contributed by atoms with Gasteiger partial charge in [-0.2, -0.15) is 0 Å². The summed E-state index contributed by atoms with van der Waals surface area (Å²) >= 11 is 0. The van der Waals surface area contributed by atoms with Crippen LogP contribution in [0.3, 0.4) is 0 Å². The van der Waals surface area contributed by atoms with Crippen LogP contribution >= 0.6 is 0 Å². The number of ether oxygens (including phenoxy) is 2. The summed E-state index contributed by atoms with van der Waals surface area (Å²) in [4.78, 5) is 13.1. The zero-order valence-corrected chi connectivity index (χ0v) is 26.6. The molecule has 0 aromatic rings.